The van der Waals surface area contributed by atoms with Crippen molar-refractivity contribution in [1.29, 1.82) is 0 Å². The number of rotatable bonds is 11. The van der Waals surface area contributed by atoms with Crippen molar-refractivity contribution in [3.8, 4) is 23.3 Å². The normalized spacial score (nSPS) is 11.8. The Kier molecular flexibility index (Phi) is 10.8. The van der Waals surface area contributed by atoms with Crippen LogP contribution in [0, 0.1) is 11.8 Å². The van der Waals surface area contributed by atoms with E-state index in [1.54, 1.807) is 0 Å². The fraction of sp³-hybridized carbons (Fsp3) is 0.636. The van der Waals surface area contributed by atoms with E-state index in [9.17, 15) is 0 Å². The fourth-order valence-corrected chi connectivity index (χ4v) is 2.59. The van der Waals surface area contributed by atoms with Gasteiger partial charge in [-0.25, -0.2) is 0 Å². The molecule has 1 unspecified atom stereocenters. The monoisotopic (exact) mass is 345 g/mol. The molecule has 0 bridgehead atoms. The molecular formula is C22H35NO2. The standard InChI is InChI=1S/C22H35NO2/c1-6-17-25-21-15-14-20(18-22(21)24-9-4)19(5)13-11-10-12-16-23(7-2)8-3/h14-15,18-19H,6-9,11,13,16-17H2,1-5H3. The average molecular weight is 346 g/mol. The third-order valence-electron chi connectivity index (χ3n) is 4.32. The SMILES string of the molecule is CCCOc1ccc(C(C)CCC#CCN(CC)CC)cc1OCC. The smallest absolute Gasteiger partial charge is 0.161 e. The van der Waals surface area contributed by atoms with Gasteiger partial charge in [0, 0.05) is 6.42 Å². The lowest BCUT2D eigenvalue weighted by molar-refractivity contribution is 0.276. The van der Waals surface area contributed by atoms with Gasteiger partial charge >= 0.3 is 0 Å². The second kappa shape index (κ2) is 12.7. The van der Waals surface area contributed by atoms with Crippen LogP contribution in [0.3, 0.4) is 0 Å². The maximum Gasteiger partial charge on any atom is 0.161 e. The van der Waals surface area contributed by atoms with Crippen LogP contribution in [0.15, 0.2) is 18.2 Å². The van der Waals surface area contributed by atoms with Crippen molar-refractivity contribution in [3.05, 3.63) is 23.8 Å². The minimum absolute atomic E-state index is 0.460. The molecule has 0 radical (unpaired) electrons. The molecule has 0 fully saturated rings. The summed E-state index contributed by atoms with van der Waals surface area (Å²) in [5, 5.41) is 0. The molecule has 1 aromatic rings. The van der Waals surface area contributed by atoms with E-state index in [-0.39, 0.29) is 0 Å². The second-order valence-electron chi connectivity index (χ2n) is 6.24. The first-order valence-electron chi connectivity index (χ1n) is 9.73. The minimum Gasteiger partial charge on any atom is -0.490 e. The molecule has 1 rings (SSSR count). The minimum atomic E-state index is 0.460. The van der Waals surface area contributed by atoms with Crippen LogP contribution >= 0.6 is 0 Å². The van der Waals surface area contributed by atoms with E-state index in [0.717, 1.165) is 57.0 Å². The van der Waals surface area contributed by atoms with Crippen molar-refractivity contribution in [3.63, 3.8) is 0 Å². The molecule has 0 aliphatic carbocycles. The van der Waals surface area contributed by atoms with Crippen LogP contribution in [-0.4, -0.2) is 37.7 Å². The maximum absolute atomic E-state index is 5.78. The summed E-state index contributed by atoms with van der Waals surface area (Å²) in [6, 6.07) is 6.32. The Bertz CT molecular complexity index is 541. The van der Waals surface area contributed by atoms with E-state index in [2.05, 4.69) is 56.6 Å². The maximum atomic E-state index is 5.78. The molecule has 0 saturated heterocycles. The van der Waals surface area contributed by atoms with Gasteiger partial charge in [-0.1, -0.05) is 39.7 Å². The summed E-state index contributed by atoms with van der Waals surface area (Å²) >= 11 is 0. The van der Waals surface area contributed by atoms with E-state index < -0.39 is 0 Å². The second-order valence-corrected chi connectivity index (χ2v) is 6.24. The molecule has 0 N–H and O–H groups in total. The van der Waals surface area contributed by atoms with E-state index in [4.69, 9.17) is 9.47 Å². The van der Waals surface area contributed by atoms with Gasteiger partial charge in [-0.15, -0.1) is 5.92 Å². The van der Waals surface area contributed by atoms with E-state index in [1.807, 2.05) is 13.0 Å². The zero-order chi connectivity index (χ0) is 18.5. The highest BCUT2D eigenvalue weighted by Gasteiger charge is 2.11. The molecule has 3 nitrogen and oxygen atoms in total. The van der Waals surface area contributed by atoms with E-state index in [1.165, 1.54) is 5.56 Å². The molecule has 0 spiro atoms. The fourth-order valence-electron chi connectivity index (χ4n) is 2.59. The largest absolute Gasteiger partial charge is 0.490 e. The first-order valence-corrected chi connectivity index (χ1v) is 9.73. The molecule has 0 aromatic heterocycles. The van der Waals surface area contributed by atoms with Gasteiger partial charge in [0.2, 0.25) is 0 Å². The predicted octanol–water partition coefficient (Wildman–Crippen LogP) is 5.10. The van der Waals surface area contributed by atoms with Crippen LogP contribution in [-0.2, 0) is 0 Å². The van der Waals surface area contributed by atoms with Crippen LogP contribution in [0.25, 0.3) is 0 Å². The first-order chi connectivity index (χ1) is 12.2. The van der Waals surface area contributed by atoms with Gasteiger partial charge < -0.3 is 9.47 Å². The van der Waals surface area contributed by atoms with Crippen LogP contribution in [0.5, 0.6) is 11.5 Å². The van der Waals surface area contributed by atoms with Crippen molar-refractivity contribution < 1.29 is 9.47 Å². The summed E-state index contributed by atoms with van der Waals surface area (Å²) in [4.78, 5) is 2.33. The summed E-state index contributed by atoms with van der Waals surface area (Å²) in [6.45, 7) is 15.1. The molecule has 25 heavy (non-hydrogen) atoms. The molecule has 0 aliphatic rings. The van der Waals surface area contributed by atoms with Crippen LogP contribution in [0.4, 0.5) is 0 Å². The van der Waals surface area contributed by atoms with Crippen LogP contribution in [0.1, 0.15) is 65.4 Å². The summed E-state index contributed by atoms with van der Waals surface area (Å²) in [5.41, 5.74) is 1.29. The van der Waals surface area contributed by atoms with Gasteiger partial charge in [0.25, 0.3) is 0 Å². The molecule has 1 atom stereocenters. The van der Waals surface area contributed by atoms with Crippen molar-refractivity contribution in [1.82, 2.24) is 4.90 Å². The van der Waals surface area contributed by atoms with Gasteiger partial charge in [0.05, 0.1) is 19.8 Å². The predicted molar refractivity (Wildman–Crippen MR) is 107 cm³/mol. The third kappa shape index (κ3) is 7.84. The molecule has 0 heterocycles. The lowest BCUT2D eigenvalue weighted by Gasteiger charge is -2.16. The number of ether oxygens (including phenoxy) is 2. The van der Waals surface area contributed by atoms with Gasteiger partial charge in [-0.2, -0.15) is 0 Å². The Morgan fingerprint density at radius 2 is 1.76 bits per heavy atom. The summed E-state index contributed by atoms with van der Waals surface area (Å²) in [6.07, 6.45) is 2.99. The summed E-state index contributed by atoms with van der Waals surface area (Å²) in [5.74, 6) is 8.77. The van der Waals surface area contributed by atoms with E-state index in [0.29, 0.717) is 12.5 Å². The average Bonchev–Trinajstić information content (AvgIpc) is 2.63. The third-order valence-corrected chi connectivity index (χ3v) is 4.32. The zero-order valence-electron chi connectivity index (χ0n) is 16.7. The molecule has 0 aliphatic heterocycles. The Labute approximate surface area is 154 Å². The highest BCUT2D eigenvalue weighted by Crippen LogP contribution is 2.32. The zero-order valence-corrected chi connectivity index (χ0v) is 16.7. The number of benzene rings is 1. The lowest BCUT2D eigenvalue weighted by Crippen LogP contribution is -2.22. The molecule has 1 aromatic carbocycles. The van der Waals surface area contributed by atoms with Crippen LogP contribution < -0.4 is 9.47 Å². The van der Waals surface area contributed by atoms with Crippen molar-refractivity contribution in [2.75, 3.05) is 32.8 Å². The van der Waals surface area contributed by atoms with Crippen molar-refractivity contribution >= 4 is 0 Å². The van der Waals surface area contributed by atoms with Gasteiger partial charge in [-0.3, -0.25) is 4.90 Å². The van der Waals surface area contributed by atoms with Gasteiger partial charge in [0.1, 0.15) is 0 Å². The summed E-state index contributed by atoms with van der Waals surface area (Å²) in [7, 11) is 0. The van der Waals surface area contributed by atoms with Crippen LogP contribution in [0.2, 0.25) is 0 Å². The highest BCUT2D eigenvalue weighted by atomic mass is 16.5. The van der Waals surface area contributed by atoms with Crippen molar-refractivity contribution in [2.45, 2.75) is 59.8 Å². The molecule has 140 valence electrons. The van der Waals surface area contributed by atoms with Gasteiger partial charge in [0.15, 0.2) is 11.5 Å². The van der Waals surface area contributed by atoms with Crippen molar-refractivity contribution in [2.24, 2.45) is 0 Å². The number of hydrogen-bond donors (Lipinski definition) is 0. The Morgan fingerprint density at radius 3 is 2.40 bits per heavy atom. The molecule has 3 heteroatoms. The highest BCUT2D eigenvalue weighted by molar-refractivity contribution is 5.44. The number of hydrogen-bond acceptors (Lipinski definition) is 3. The summed E-state index contributed by atoms with van der Waals surface area (Å²) < 4.78 is 11.5. The number of nitrogens with zero attached hydrogens (tertiary/aromatic N) is 1. The first kappa shape index (κ1) is 21.4. The molecular weight excluding hydrogens is 310 g/mol. The van der Waals surface area contributed by atoms with Gasteiger partial charge in [-0.05, 0) is 56.5 Å². The Balaban J connectivity index is 2.61. The lowest BCUT2D eigenvalue weighted by atomic mass is 9.96. The molecule has 0 amide bonds. The Morgan fingerprint density at radius 1 is 1.00 bits per heavy atom. The Hall–Kier alpha value is -1.66. The molecule has 0 saturated carbocycles. The topological polar surface area (TPSA) is 21.7 Å². The quantitative estimate of drug-likeness (QED) is 0.521. The van der Waals surface area contributed by atoms with E-state index >= 15 is 0 Å².